The maximum Gasteiger partial charge on any atom is 0.328 e. The van der Waals surface area contributed by atoms with Crippen LogP contribution in [0.3, 0.4) is 0 Å². The summed E-state index contributed by atoms with van der Waals surface area (Å²) in [6.45, 7) is 5.12. The zero-order valence-electron chi connectivity index (χ0n) is 24.0. The lowest BCUT2D eigenvalue weighted by molar-refractivity contribution is 0.414. The Labute approximate surface area is 247 Å². The summed E-state index contributed by atoms with van der Waals surface area (Å²) in [4.78, 5) is 35.7. The molecular weight excluding hydrogens is 554 g/mol. The molecule has 0 saturated carbocycles. The number of halogens is 1. The Balaban J connectivity index is 1.38. The highest BCUT2D eigenvalue weighted by Crippen LogP contribution is 2.34. The average molecular weight is 586 g/mol. The van der Waals surface area contributed by atoms with Gasteiger partial charge in [-0.1, -0.05) is 29.8 Å². The Bertz CT molecular complexity index is 1930. The predicted molar refractivity (Wildman–Crippen MR) is 169 cm³/mol. The van der Waals surface area contributed by atoms with Crippen molar-refractivity contribution < 1.29 is 4.74 Å². The molecule has 0 amide bonds. The molecule has 6 rings (SSSR count). The summed E-state index contributed by atoms with van der Waals surface area (Å²) in [7, 11) is 5.07. The van der Waals surface area contributed by atoms with Crippen molar-refractivity contribution in [3.05, 3.63) is 97.8 Å². The zero-order chi connectivity index (χ0) is 29.5. The van der Waals surface area contributed by atoms with Crippen LogP contribution in [0, 0.1) is 6.92 Å². The summed E-state index contributed by atoms with van der Waals surface area (Å²) in [6, 6.07) is 19.5. The third-order valence-corrected chi connectivity index (χ3v) is 8.26. The molecule has 10 nitrogen and oxygen atoms in total. The normalized spacial score (nSPS) is 13.9. The van der Waals surface area contributed by atoms with Crippen LogP contribution in [0.5, 0.6) is 5.75 Å². The second kappa shape index (κ2) is 10.9. The van der Waals surface area contributed by atoms with E-state index in [1.165, 1.54) is 17.5 Å². The highest BCUT2D eigenvalue weighted by atomic mass is 35.5. The number of ether oxygens (including phenoxy) is 1. The number of hydrogen-bond donors (Lipinski definition) is 1. The molecule has 1 aliphatic rings. The Morgan fingerprint density at radius 3 is 2.24 bits per heavy atom. The van der Waals surface area contributed by atoms with Crippen molar-refractivity contribution in [1.29, 1.82) is 0 Å². The minimum absolute atomic E-state index is 0.103. The molecule has 0 aliphatic carbocycles. The summed E-state index contributed by atoms with van der Waals surface area (Å²) in [5, 5.41) is 3.59. The quantitative estimate of drug-likeness (QED) is 0.298. The van der Waals surface area contributed by atoms with Gasteiger partial charge < -0.3 is 14.5 Å². The fourth-order valence-corrected chi connectivity index (χ4v) is 5.73. The Morgan fingerprint density at radius 2 is 1.55 bits per heavy atom. The number of benzene rings is 3. The van der Waals surface area contributed by atoms with E-state index >= 15 is 0 Å². The van der Waals surface area contributed by atoms with Gasteiger partial charge in [0.15, 0.2) is 0 Å². The zero-order valence-corrected chi connectivity index (χ0v) is 24.7. The van der Waals surface area contributed by atoms with E-state index in [1.807, 2.05) is 25.1 Å². The van der Waals surface area contributed by atoms with E-state index in [-0.39, 0.29) is 11.2 Å². The molecule has 1 N–H and O–H groups in total. The van der Waals surface area contributed by atoms with Gasteiger partial charge in [-0.3, -0.25) is 24.0 Å². The molecule has 1 aliphatic heterocycles. The van der Waals surface area contributed by atoms with Gasteiger partial charge in [-0.05, 0) is 43.3 Å². The van der Waals surface area contributed by atoms with E-state index in [2.05, 4.69) is 39.2 Å². The topological polar surface area (TPSA) is 92.8 Å². The fraction of sp³-hybridized carbons (Fsp3) is 0.258. The van der Waals surface area contributed by atoms with Gasteiger partial charge in [-0.15, -0.1) is 0 Å². The van der Waals surface area contributed by atoms with Gasteiger partial charge >= 0.3 is 5.69 Å². The molecule has 2 aromatic heterocycles. The number of aryl methyl sites for hydroxylation is 3. The average Bonchev–Trinajstić information content (AvgIpc) is 3.42. The van der Waals surface area contributed by atoms with Gasteiger partial charge in [0, 0.05) is 63.9 Å². The molecule has 5 aromatic rings. The van der Waals surface area contributed by atoms with Crippen molar-refractivity contribution in [1.82, 2.24) is 18.9 Å². The summed E-state index contributed by atoms with van der Waals surface area (Å²) in [5.74, 6) is 0.474. The van der Waals surface area contributed by atoms with Crippen molar-refractivity contribution in [2.45, 2.75) is 6.92 Å². The summed E-state index contributed by atoms with van der Waals surface area (Å²) in [6.07, 6.45) is 1.60. The number of rotatable bonds is 6. The molecule has 216 valence electrons. The Hall–Kier alpha value is -4.70. The maximum absolute atomic E-state index is 13.5. The van der Waals surface area contributed by atoms with Crippen molar-refractivity contribution in [2.24, 2.45) is 19.1 Å². The van der Waals surface area contributed by atoms with E-state index in [0.717, 1.165) is 42.9 Å². The molecule has 0 radical (unpaired) electrons. The molecule has 0 unspecified atom stereocenters. The van der Waals surface area contributed by atoms with Crippen LogP contribution in [0.4, 0.5) is 17.1 Å². The molecule has 1 fully saturated rings. The fourth-order valence-electron chi connectivity index (χ4n) is 5.54. The summed E-state index contributed by atoms with van der Waals surface area (Å²) < 4.78 is 10.0. The molecular formula is C31H32ClN7O3. The summed E-state index contributed by atoms with van der Waals surface area (Å²) >= 11 is 6.19. The van der Waals surface area contributed by atoms with E-state index < -0.39 is 0 Å². The van der Waals surface area contributed by atoms with E-state index in [1.54, 1.807) is 47.6 Å². The molecule has 0 atom stereocenters. The van der Waals surface area contributed by atoms with Crippen LogP contribution >= 0.6 is 11.6 Å². The van der Waals surface area contributed by atoms with Gasteiger partial charge in [-0.25, -0.2) is 9.48 Å². The predicted octanol–water partition coefficient (Wildman–Crippen LogP) is 4.40. The van der Waals surface area contributed by atoms with Crippen LogP contribution < -0.4 is 25.8 Å². The number of H-pyrrole nitrogens is 1. The number of aromatic nitrogens is 4. The first-order chi connectivity index (χ1) is 20.3. The van der Waals surface area contributed by atoms with Crippen LogP contribution in [0.2, 0.25) is 5.02 Å². The maximum atomic E-state index is 13.5. The molecule has 42 heavy (non-hydrogen) atoms. The summed E-state index contributed by atoms with van der Waals surface area (Å²) in [5.41, 5.74) is 5.78. The number of nitrogens with one attached hydrogen (secondary N) is 1. The van der Waals surface area contributed by atoms with Gasteiger partial charge in [0.2, 0.25) is 0 Å². The first-order valence-electron chi connectivity index (χ1n) is 13.7. The number of aromatic amines is 1. The third-order valence-electron chi connectivity index (χ3n) is 7.95. The highest BCUT2D eigenvalue weighted by molar-refractivity contribution is 6.32. The Kier molecular flexibility index (Phi) is 7.16. The molecule has 1 saturated heterocycles. The van der Waals surface area contributed by atoms with Crippen molar-refractivity contribution in [3.63, 3.8) is 0 Å². The lowest BCUT2D eigenvalue weighted by atomic mass is 10.1. The second-order valence-electron chi connectivity index (χ2n) is 10.4. The molecule has 11 heteroatoms. The van der Waals surface area contributed by atoms with Crippen molar-refractivity contribution >= 4 is 45.9 Å². The number of methoxy groups -OCH3 is 1. The smallest absolute Gasteiger partial charge is 0.328 e. The first-order valence-corrected chi connectivity index (χ1v) is 14.1. The largest absolute Gasteiger partial charge is 0.495 e. The molecule has 0 spiro atoms. The van der Waals surface area contributed by atoms with Gasteiger partial charge in [0.25, 0.3) is 5.56 Å². The van der Waals surface area contributed by atoms with Crippen LogP contribution in [0.25, 0.3) is 16.7 Å². The number of aliphatic imine (C=N–C) groups is 1. The van der Waals surface area contributed by atoms with Crippen LogP contribution in [-0.4, -0.2) is 58.4 Å². The van der Waals surface area contributed by atoms with Crippen molar-refractivity contribution in [3.8, 4) is 11.4 Å². The van der Waals surface area contributed by atoms with Crippen LogP contribution in [0.15, 0.2) is 75.2 Å². The second-order valence-corrected chi connectivity index (χ2v) is 10.8. The number of para-hydroxylation sites is 1. The Morgan fingerprint density at radius 1 is 0.881 bits per heavy atom. The molecule has 3 heterocycles. The van der Waals surface area contributed by atoms with Crippen LogP contribution in [-0.2, 0) is 14.1 Å². The van der Waals surface area contributed by atoms with Crippen molar-refractivity contribution in [2.75, 3.05) is 43.1 Å². The lowest BCUT2D eigenvalue weighted by Gasteiger charge is -2.37. The van der Waals surface area contributed by atoms with Crippen LogP contribution in [0.1, 0.15) is 11.3 Å². The molecule has 0 bridgehead atoms. The minimum Gasteiger partial charge on any atom is -0.495 e. The number of piperazine rings is 1. The standard InChI is InChI=1S/C31H32ClN7O3/c1-20-23(30(40)39(34-20)22-10-11-24(32)29(16-22)42-4)19-33-25-17-27-28(36(3)31(41)35(27)2)18-26(25)38-14-12-37(13-15-38)21-8-6-5-7-9-21/h5-11,16-19,34H,12-15H2,1-4H3. The van der Waals surface area contributed by atoms with E-state index in [0.29, 0.717) is 33.4 Å². The first kappa shape index (κ1) is 27.5. The number of nitrogens with zero attached hydrogens (tertiary/aromatic N) is 6. The lowest BCUT2D eigenvalue weighted by Crippen LogP contribution is -2.46. The van der Waals surface area contributed by atoms with Gasteiger partial charge in [-0.2, -0.15) is 0 Å². The van der Waals surface area contributed by atoms with E-state index in [4.69, 9.17) is 21.3 Å². The minimum atomic E-state index is -0.244. The van der Waals surface area contributed by atoms with Gasteiger partial charge in [0.1, 0.15) is 5.75 Å². The van der Waals surface area contributed by atoms with Gasteiger partial charge in [0.05, 0.1) is 45.8 Å². The third kappa shape index (κ3) is 4.77. The highest BCUT2D eigenvalue weighted by Gasteiger charge is 2.22. The number of imidazole rings is 1. The number of fused-ring (bicyclic) bond motifs is 1. The van der Waals surface area contributed by atoms with E-state index in [9.17, 15) is 9.59 Å². The monoisotopic (exact) mass is 585 g/mol. The number of hydrogen-bond acceptors (Lipinski definition) is 6. The SMILES string of the molecule is COc1cc(-n2[nH]c(C)c(C=Nc3cc4c(cc3N3CCN(c5ccccc5)CC3)n(C)c(=O)n4C)c2=O)ccc1Cl. The number of anilines is 2. The molecule has 3 aromatic carbocycles.